The van der Waals surface area contributed by atoms with Crippen LogP contribution >= 0.6 is 0 Å². The molecule has 0 aliphatic carbocycles. The Labute approximate surface area is 141 Å². The van der Waals surface area contributed by atoms with E-state index in [-0.39, 0.29) is 34.5 Å². The van der Waals surface area contributed by atoms with Crippen molar-refractivity contribution in [2.24, 2.45) is 5.73 Å². The summed E-state index contributed by atoms with van der Waals surface area (Å²) in [5.41, 5.74) is 5.33. The average molecular weight is 335 g/mol. The quantitative estimate of drug-likeness (QED) is 0.442. The van der Waals surface area contributed by atoms with E-state index in [4.69, 9.17) is 14.9 Å². The van der Waals surface area contributed by atoms with Crippen molar-refractivity contribution >= 4 is 38.6 Å². The molecule has 6 heteroatoms. The maximum Gasteiger partial charge on any atom is 0.255 e. The number of primary amides is 1. The van der Waals surface area contributed by atoms with Crippen LogP contribution in [0.3, 0.4) is 0 Å². The third-order valence-electron chi connectivity index (χ3n) is 4.00. The van der Waals surface area contributed by atoms with E-state index in [2.05, 4.69) is 0 Å². The van der Waals surface area contributed by atoms with Gasteiger partial charge < -0.3 is 20.0 Å². The van der Waals surface area contributed by atoms with Crippen LogP contribution in [0.15, 0.2) is 57.7 Å². The highest BCUT2D eigenvalue weighted by Crippen LogP contribution is 2.32. The van der Waals surface area contributed by atoms with Crippen LogP contribution in [-0.2, 0) is 4.79 Å². The van der Waals surface area contributed by atoms with Crippen molar-refractivity contribution in [2.45, 2.75) is 0 Å². The van der Waals surface area contributed by atoms with Crippen LogP contribution < -0.4 is 15.9 Å². The second-order valence-corrected chi connectivity index (χ2v) is 5.67. The van der Waals surface area contributed by atoms with Gasteiger partial charge in [-0.05, 0) is 11.5 Å². The summed E-state index contributed by atoms with van der Waals surface area (Å²) in [6.45, 7) is -0.342. The van der Waals surface area contributed by atoms with Gasteiger partial charge >= 0.3 is 0 Å². The standard InChI is InChI=1S/C19H13NO5/c20-16(22)9-24-11-7-14(21)17-15(8-11)25-19-12-4-2-1-3-10(12)5-6-13(19)18(17)23/h1-8,21H,9H2,(H2,20,22). The number of benzene rings is 3. The molecule has 0 saturated carbocycles. The number of hydrogen-bond acceptors (Lipinski definition) is 5. The highest BCUT2D eigenvalue weighted by atomic mass is 16.5. The van der Waals surface area contributed by atoms with Gasteiger partial charge in [0.25, 0.3) is 5.91 Å². The average Bonchev–Trinajstić information content (AvgIpc) is 2.59. The summed E-state index contributed by atoms with van der Waals surface area (Å²) < 4.78 is 11.1. The SMILES string of the molecule is NC(=O)COc1cc(O)c2c(=O)c3ccc4ccccc4c3oc2c1. The Hall–Kier alpha value is -3.54. The van der Waals surface area contributed by atoms with Crippen LogP contribution in [0.4, 0.5) is 0 Å². The van der Waals surface area contributed by atoms with E-state index in [9.17, 15) is 14.7 Å². The van der Waals surface area contributed by atoms with Gasteiger partial charge in [0.05, 0.1) is 5.39 Å². The number of nitrogens with two attached hydrogens (primary N) is 1. The molecule has 4 aromatic rings. The fourth-order valence-corrected chi connectivity index (χ4v) is 2.90. The minimum absolute atomic E-state index is 0.0641. The third kappa shape index (κ3) is 2.44. The van der Waals surface area contributed by atoms with Crippen LogP contribution in [-0.4, -0.2) is 17.6 Å². The van der Waals surface area contributed by atoms with Gasteiger partial charge in [-0.3, -0.25) is 9.59 Å². The second kappa shape index (κ2) is 5.52. The van der Waals surface area contributed by atoms with Crippen molar-refractivity contribution in [2.75, 3.05) is 6.61 Å². The zero-order chi connectivity index (χ0) is 17.6. The monoisotopic (exact) mass is 335 g/mol. The Morgan fingerprint density at radius 2 is 1.92 bits per heavy atom. The summed E-state index contributed by atoms with van der Waals surface area (Å²) in [6.07, 6.45) is 0. The van der Waals surface area contributed by atoms with Crippen LogP contribution in [0.1, 0.15) is 0 Å². The maximum atomic E-state index is 12.8. The Balaban J connectivity index is 2.05. The fraction of sp³-hybridized carbons (Fsp3) is 0.0526. The van der Waals surface area contributed by atoms with Crippen LogP contribution in [0.2, 0.25) is 0 Å². The summed E-state index contributed by atoms with van der Waals surface area (Å²) >= 11 is 0. The number of phenols is 1. The topological polar surface area (TPSA) is 103 Å². The summed E-state index contributed by atoms with van der Waals surface area (Å²) in [5.74, 6) is -0.738. The van der Waals surface area contributed by atoms with E-state index in [1.165, 1.54) is 12.1 Å². The first-order valence-electron chi connectivity index (χ1n) is 7.57. The molecule has 1 amide bonds. The number of carbonyl (C=O) groups excluding carboxylic acids is 1. The van der Waals surface area contributed by atoms with Crippen molar-refractivity contribution in [1.29, 1.82) is 0 Å². The molecule has 0 bridgehead atoms. The van der Waals surface area contributed by atoms with Crippen molar-refractivity contribution in [3.63, 3.8) is 0 Å². The van der Waals surface area contributed by atoms with Crippen molar-refractivity contribution in [1.82, 2.24) is 0 Å². The molecule has 0 spiro atoms. The summed E-state index contributed by atoms with van der Waals surface area (Å²) in [6, 6.07) is 13.8. The van der Waals surface area contributed by atoms with E-state index < -0.39 is 5.91 Å². The van der Waals surface area contributed by atoms with E-state index in [0.29, 0.717) is 11.0 Å². The van der Waals surface area contributed by atoms with E-state index >= 15 is 0 Å². The van der Waals surface area contributed by atoms with Gasteiger partial charge in [0.1, 0.15) is 28.1 Å². The first kappa shape index (κ1) is 15.0. The highest BCUT2D eigenvalue weighted by Gasteiger charge is 2.15. The molecule has 0 unspecified atom stereocenters. The number of fused-ring (bicyclic) bond motifs is 4. The summed E-state index contributed by atoms with van der Waals surface area (Å²) in [4.78, 5) is 23.7. The Kier molecular flexibility index (Phi) is 3.32. The number of carbonyl (C=O) groups is 1. The number of hydrogen-bond donors (Lipinski definition) is 2. The molecule has 1 aromatic heterocycles. The minimum Gasteiger partial charge on any atom is -0.507 e. The lowest BCUT2D eigenvalue weighted by Crippen LogP contribution is -2.20. The number of rotatable bonds is 3. The largest absolute Gasteiger partial charge is 0.507 e. The summed E-state index contributed by atoms with van der Waals surface area (Å²) in [7, 11) is 0. The molecular formula is C19H13NO5. The van der Waals surface area contributed by atoms with Crippen LogP contribution in [0, 0.1) is 0 Å². The maximum absolute atomic E-state index is 12.8. The molecule has 0 saturated heterocycles. The van der Waals surface area contributed by atoms with E-state index in [0.717, 1.165) is 10.8 Å². The minimum atomic E-state index is -0.648. The fourth-order valence-electron chi connectivity index (χ4n) is 2.90. The molecule has 0 aliphatic heterocycles. The third-order valence-corrected chi connectivity index (χ3v) is 4.00. The van der Waals surface area contributed by atoms with Crippen LogP contribution in [0.25, 0.3) is 32.7 Å². The molecule has 0 radical (unpaired) electrons. The molecule has 1 heterocycles. The Morgan fingerprint density at radius 1 is 1.12 bits per heavy atom. The lowest BCUT2D eigenvalue weighted by molar-refractivity contribution is -0.119. The smallest absolute Gasteiger partial charge is 0.255 e. The summed E-state index contributed by atoms with van der Waals surface area (Å²) in [5, 5.41) is 12.4. The lowest BCUT2D eigenvalue weighted by atomic mass is 10.1. The molecular weight excluding hydrogens is 322 g/mol. The van der Waals surface area contributed by atoms with Gasteiger partial charge in [0, 0.05) is 17.5 Å². The van der Waals surface area contributed by atoms with Crippen molar-refractivity contribution in [3.05, 3.63) is 58.8 Å². The van der Waals surface area contributed by atoms with Crippen molar-refractivity contribution in [3.8, 4) is 11.5 Å². The molecule has 6 nitrogen and oxygen atoms in total. The predicted molar refractivity (Wildman–Crippen MR) is 93.9 cm³/mol. The lowest BCUT2D eigenvalue weighted by Gasteiger charge is -2.09. The molecule has 124 valence electrons. The molecule has 0 atom stereocenters. The molecule has 25 heavy (non-hydrogen) atoms. The number of amides is 1. The molecule has 4 rings (SSSR count). The van der Waals surface area contributed by atoms with Crippen LogP contribution in [0.5, 0.6) is 11.5 Å². The number of ether oxygens (including phenoxy) is 1. The highest BCUT2D eigenvalue weighted by molar-refractivity contribution is 6.07. The van der Waals surface area contributed by atoms with Gasteiger partial charge in [0.15, 0.2) is 6.61 Å². The second-order valence-electron chi connectivity index (χ2n) is 5.67. The predicted octanol–water partition coefficient (Wildman–Crippen LogP) is 2.67. The zero-order valence-electron chi connectivity index (χ0n) is 13.0. The number of phenolic OH excluding ortho intramolecular Hbond substituents is 1. The molecule has 3 N–H and O–H groups in total. The van der Waals surface area contributed by atoms with Gasteiger partial charge in [-0.2, -0.15) is 0 Å². The Bertz CT molecular complexity index is 1210. The molecule has 0 fully saturated rings. The first-order valence-corrected chi connectivity index (χ1v) is 7.57. The molecule has 3 aromatic carbocycles. The Morgan fingerprint density at radius 3 is 2.72 bits per heavy atom. The normalized spacial score (nSPS) is 11.2. The molecule has 0 aliphatic rings. The van der Waals surface area contributed by atoms with E-state index in [1.54, 1.807) is 6.07 Å². The first-order chi connectivity index (χ1) is 12.0. The van der Waals surface area contributed by atoms with Crippen molar-refractivity contribution < 1.29 is 19.1 Å². The van der Waals surface area contributed by atoms with Gasteiger partial charge in [-0.25, -0.2) is 0 Å². The zero-order valence-corrected chi connectivity index (χ0v) is 13.0. The van der Waals surface area contributed by atoms with Gasteiger partial charge in [0.2, 0.25) is 5.43 Å². The van der Waals surface area contributed by atoms with Gasteiger partial charge in [-0.1, -0.05) is 30.3 Å². The van der Waals surface area contributed by atoms with Gasteiger partial charge in [-0.15, -0.1) is 0 Å². The number of aromatic hydroxyl groups is 1. The van der Waals surface area contributed by atoms with E-state index in [1.807, 2.05) is 30.3 Å².